The Bertz CT molecular complexity index is 560. The molecule has 0 radical (unpaired) electrons. The number of esters is 1. The molecule has 0 spiro atoms. The van der Waals surface area contributed by atoms with E-state index >= 15 is 0 Å². The van der Waals surface area contributed by atoms with Crippen molar-refractivity contribution in [3.8, 4) is 0 Å². The van der Waals surface area contributed by atoms with E-state index in [9.17, 15) is 13.2 Å². The van der Waals surface area contributed by atoms with Crippen LogP contribution in [0.2, 0.25) is 0 Å². The van der Waals surface area contributed by atoms with Crippen LogP contribution in [0.25, 0.3) is 0 Å². The summed E-state index contributed by atoms with van der Waals surface area (Å²) in [6, 6.07) is 5.09. The molecule has 1 aromatic rings. The Labute approximate surface area is 107 Å². The van der Waals surface area contributed by atoms with Crippen LogP contribution in [-0.2, 0) is 32.2 Å². The molecule has 18 heavy (non-hydrogen) atoms. The molecule has 0 aliphatic carbocycles. The average molecular weight is 268 g/mol. The Morgan fingerprint density at radius 2 is 2.17 bits per heavy atom. The summed E-state index contributed by atoms with van der Waals surface area (Å²) in [6.07, 6.45) is 1.54. The maximum absolute atomic E-state index is 11.6. The van der Waals surface area contributed by atoms with Gasteiger partial charge in [0.2, 0.25) is 0 Å². The molecule has 98 valence electrons. The van der Waals surface area contributed by atoms with Crippen LogP contribution in [0.5, 0.6) is 0 Å². The summed E-state index contributed by atoms with van der Waals surface area (Å²) in [4.78, 5) is 11.9. The first kappa shape index (κ1) is 13.1. The summed E-state index contributed by atoms with van der Waals surface area (Å²) in [5, 5.41) is 0. The van der Waals surface area contributed by atoms with Crippen molar-refractivity contribution in [2.24, 2.45) is 0 Å². The van der Waals surface area contributed by atoms with E-state index in [-0.39, 0.29) is 18.1 Å². The first-order valence-corrected chi connectivity index (χ1v) is 7.68. The average Bonchev–Trinajstić information content (AvgIpc) is 2.62. The number of ether oxygens (including phenoxy) is 1. The van der Waals surface area contributed by atoms with Crippen LogP contribution in [0, 0.1) is 0 Å². The lowest BCUT2D eigenvalue weighted by Crippen LogP contribution is -2.08. The van der Waals surface area contributed by atoms with Crippen molar-refractivity contribution in [2.75, 3.05) is 12.4 Å². The molecule has 0 fully saturated rings. The fourth-order valence-corrected chi connectivity index (χ4v) is 3.57. The third kappa shape index (κ3) is 2.72. The van der Waals surface area contributed by atoms with Gasteiger partial charge in [-0.05, 0) is 30.0 Å². The number of sulfone groups is 1. The van der Waals surface area contributed by atoms with Gasteiger partial charge in [-0.2, -0.15) is 0 Å². The van der Waals surface area contributed by atoms with Gasteiger partial charge >= 0.3 is 5.97 Å². The monoisotopic (exact) mass is 268 g/mol. The molecule has 0 atom stereocenters. The van der Waals surface area contributed by atoms with Crippen molar-refractivity contribution in [1.29, 1.82) is 0 Å². The zero-order valence-electron chi connectivity index (χ0n) is 10.3. The lowest BCUT2D eigenvalue weighted by atomic mass is 10.1. The van der Waals surface area contributed by atoms with Gasteiger partial charge in [0.05, 0.1) is 23.7 Å². The molecule has 1 aliphatic heterocycles. The molecule has 0 bridgehead atoms. The number of aryl methyl sites for hydroxylation is 1. The summed E-state index contributed by atoms with van der Waals surface area (Å²) in [5.41, 5.74) is 1.63. The number of carbonyl (C=O) groups is 1. The second-order valence-electron chi connectivity index (χ2n) is 4.41. The molecule has 1 aliphatic rings. The molecule has 1 aromatic carbocycles. The summed E-state index contributed by atoms with van der Waals surface area (Å²) < 4.78 is 28.3. The molecule has 0 amide bonds. The van der Waals surface area contributed by atoms with Gasteiger partial charge in [0.25, 0.3) is 0 Å². The van der Waals surface area contributed by atoms with Crippen LogP contribution in [0.1, 0.15) is 24.5 Å². The number of hydrogen-bond donors (Lipinski definition) is 0. The molecule has 0 aromatic heterocycles. The fourth-order valence-electron chi connectivity index (χ4n) is 2.03. The van der Waals surface area contributed by atoms with Crippen LogP contribution in [0.15, 0.2) is 23.1 Å². The quantitative estimate of drug-likeness (QED) is 0.777. The summed E-state index contributed by atoms with van der Waals surface area (Å²) in [5.74, 6) is -0.0934. The van der Waals surface area contributed by atoms with E-state index in [1.54, 1.807) is 18.2 Å². The van der Waals surface area contributed by atoms with Gasteiger partial charge in [-0.3, -0.25) is 4.79 Å². The van der Waals surface area contributed by atoms with Crippen molar-refractivity contribution in [3.05, 3.63) is 29.3 Å². The second kappa shape index (κ2) is 5.10. The SMILES string of the molecule is CCCOC(=O)Cc1ccc2c(c1)CCS2(=O)=O. The topological polar surface area (TPSA) is 60.4 Å². The van der Waals surface area contributed by atoms with E-state index in [0.717, 1.165) is 17.5 Å². The minimum absolute atomic E-state index is 0.173. The molecule has 0 saturated heterocycles. The highest BCUT2D eigenvalue weighted by atomic mass is 32.2. The van der Waals surface area contributed by atoms with Crippen molar-refractivity contribution in [3.63, 3.8) is 0 Å². The van der Waals surface area contributed by atoms with Crippen molar-refractivity contribution >= 4 is 15.8 Å². The predicted octanol–water partition coefficient (Wildman–Crippen LogP) is 1.51. The Kier molecular flexibility index (Phi) is 3.71. The number of hydrogen-bond acceptors (Lipinski definition) is 4. The molecule has 0 N–H and O–H groups in total. The number of fused-ring (bicyclic) bond motifs is 1. The molecule has 5 heteroatoms. The molecule has 2 rings (SSSR count). The van der Waals surface area contributed by atoms with Crippen LogP contribution < -0.4 is 0 Å². The molecule has 1 heterocycles. The van der Waals surface area contributed by atoms with Crippen molar-refractivity contribution in [1.82, 2.24) is 0 Å². The number of benzene rings is 1. The lowest BCUT2D eigenvalue weighted by Gasteiger charge is -2.05. The molecular weight excluding hydrogens is 252 g/mol. The van der Waals surface area contributed by atoms with Crippen LogP contribution in [0.4, 0.5) is 0 Å². The highest BCUT2D eigenvalue weighted by Gasteiger charge is 2.26. The van der Waals surface area contributed by atoms with Crippen molar-refractivity contribution < 1.29 is 17.9 Å². The van der Waals surface area contributed by atoms with E-state index in [1.165, 1.54) is 0 Å². The van der Waals surface area contributed by atoms with E-state index in [0.29, 0.717) is 17.9 Å². The van der Waals surface area contributed by atoms with Crippen molar-refractivity contribution in [2.45, 2.75) is 31.1 Å². The standard InChI is InChI=1S/C13H16O4S/c1-2-6-17-13(14)9-10-3-4-12-11(8-10)5-7-18(12,15)16/h3-4,8H,2,5-7,9H2,1H3. The minimum atomic E-state index is -3.08. The van der Waals surface area contributed by atoms with Crippen LogP contribution in [-0.4, -0.2) is 26.7 Å². The largest absolute Gasteiger partial charge is 0.465 e. The van der Waals surface area contributed by atoms with Crippen LogP contribution in [0.3, 0.4) is 0 Å². The molecule has 4 nitrogen and oxygen atoms in total. The number of rotatable bonds is 4. The maximum atomic E-state index is 11.6. The zero-order chi connectivity index (χ0) is 13.2. The zero-order valence-corrected chi connectivity index (χ0v) is 11.1. The minimum Gasteiger partial charge on any atom is -0.465 e. The third-order valence-corrected chi connectivity index (χ3v) is 4.73. The Morgan fingerprint density at radius 3 is 2.89 bits per heavy atom. The van der Waals surface area contributed by atoms with E-state index in [2.05, 4.69) is 0 Å². The number of carbonyl (C=O) groups excluding carboxylic acids is 1. The fraction of sp³-hybridized carbons (Fsp3) is 0.462. The first-order chi connectivity index (χ1) is 8.53. The van der Waals surface area contributed by atoms with Gasteiger partial charge in [0.1, 0.15) is 0 Å². The predicted molar refractivity (Wildman–Crippen MR) is 67.2 cm³/mol. The van der Waals surface area contributed by atoms with E-state index < -0.39 is 9.84 Å². The Balaban J connectivity index is 2.12. The van der Waals surface area contributed by atoms with E-state index in [4.69, 9.17) is 4.74 Å². The third-order valence-electron chi connectivity index (χ3n) is 2.92. The second-order valence-corrected chi connectivity index (χ2v) is 6.49. The van der Waals surface area contributed by atoms with Gasteiger partial charge in [-0.25, -0.2) is 8.42 Å². The molecule has 0 saturated carbocycles. The summed E-state index contributed by atoms with van der Waals surface area (Å²) >= 11 is 0. The van der Waals surface area contributed by atoms with Gasteiger partial charge in [-0.15, -0.1) is 0 Å². The Morgan fingerprint density at radius 1 is 1.39 bits per heavy atom. The van der Waals surface area contributed by atoms with E-state index in [1.807, 2.05) is 6.92 Å². The first-order valence-electron chi connectivity index (χ1n) is 6.03. The highest BCUT2D eigenvalue weighted by molar-refractivity contribution is 7.91. The molecular formula is C13H16O4S. The van der Waals surface area contributed by atoms with Gasteiger partial charge < -0.3 is 4.74 Å². The highest BCUT2D eigenvalue weighted by Crippen LogP contribution is 2.26. The lowest BCUT2D eigenvalue weighted by molar-refractivity contribution is -0.142. The van der Waals surface area contributed by atoms with Gasteiger partial charge in [0, 0.05) is 0 Å². The summed E-state index contributed by atoms with van der Waals surface area (Å²) in [7, 11) is -3.08. The van der Waals surface area contributed by atoms with Crippen LogP contribution >= 0.6 is 0 Å². The van der Waals surface area contributed by atoms with Gasteiger partial charge in [0.15, 0.2) is 9.84 Å². The van der Waals surface area contributed by atoms with Gasteiger partial charge in [-0.1, -0.05) is 19.1 Å². The summed E-state index contributed by atoms with van der Waals surface area (Å²) in [6.45, 7) is 2.37. The normalized spacial score (nSPS) is 16.3. The smallest absolute Gasteiger partial charge is 0.310 e. The maximum Gasteiger partial charge on any atom is 0.310 e. The Hall–Kier alpha value is -1.36. The molecule has 0 unspecified atom stereocenters.